The maximum atomic E-state index is 13.6. The number of nitrogens with zero attached hydrogens (tertiary/aromatic N) is 5. The Morgan fingerprint density at radius 1 is 0.825 bits per heavy atom. The molecule has 0 aliphatic heterocycles. The van der Waals surface area contributed by atoms with Gasteiger partial charge in [0, 0.05) is 52.8 Å². The quantitative estimate of drug-likeness (QED) is 0.307. The summed E-state index contributed by atoms with van der Waals surface area (Å²) in [6, 6.07) is 18.3. The number of methoxy groups -OCH3 is 2. The lowest BCUT2D eigenvalue weighted by Gasteiger charge is -2.15. The lowest BCUT2D eigenvalue weighted by Crippen LogP contribution is -2.23. The smallest absolute Gasteiger partial charge is 0.280 e. The van der Waals surface area contributed by atoms with E-state index in [1.807, 2.05) is 42.5 Å². The molecule has 6 rings (SSSR count). The second kappa shape index (κ2) is 11.1. The van der Waals surface area contributed by atoms with E-state index in [0.29, 0.717) is 39.5 Å². The molecule has 0 bridgehead atoms. The van der Waals surface area contributed by atoms with Gasteiger partial charge in [0.25, 0.3) is 5.56 Å². The highest BCUT2D eigenvalue weighted by Gasteiger charge is 2.18. The van der Waals surface area contributed by atoms with Crippen molar-refractivity contribution in [1.82, 2.24) is 24.7 Å². The van der Waals surface area contributed by atoms with E-state index in [-0.39, 0.29) is 24.6 Å². The SMILES string of the molecule is COc1cc2ncc(CO)c(-c3ccnc(-n4nc(-c5cccnc5)c5ccccc5c4=O)c3)c2cc1OC.Cl. The summed E-state index contributed by atoms with van der Waals surface area (Å²) in [7, 11) is 3.13. The van der Waals surface area contributed by atoms with Crippen LogP contribution < -0.4 is 15.0 Å². The first-order valence-corrected chi connectivity index (χ1v) is 12.2. The third-order valence-electron chi connectivity index (χ3n) is 6.61. The molecule has 9 nitrogen and oxygen atoms in total. The van der Waals surface area contributed by atoms with E-state index in [9.17, 15) is 9.90 Å². The largest absolute Gasteiger partial charge is 0.493 e. The Morgan fingerprint density at radius 3 is 2.33 bits per heavy atom. The average Bonchev–Trinajstić information content (AvgIpc) is 3.00. The molecule has 0 radical (unpaired) electrons. The van der Waals surface area contributed by atoms with E-state index in [4.69, 9.17) is 14.6 Å². The van der Waals surface area contributed by atoms with E-state index < -0.39 is 0 Å². The minimum atomic E-state index is -0.295. The summed E-state index contributed by atoms with van der Waals surface area (Å²) < 4.78 is 12.3. The third kappa shape index (κ3) is 4.51. The highest BCUT2D eigenvalue weighted by molar-refractivity contribution is 5.98. The monoisotopic (exact) mass is 553 g/mol. The molecule has 0 aliphatic rings. The molecular weight excluding hydrogens is 530 g/mol. The number of pyridine rings is 3. The topological polar surface area (TPSA) is 112 Å². The van der Waals surface area contributed by atoms with Crippen LogP contribution in [0.3, 0.4) is 0 Å². The van der Waals surface area contributed by atoms with Crippen LogP contribution in [-0.2, 0) is 6.61 Å². The van der Waals surface area contributed by atoms with Gasteiger partial charge >= 0.3 is 0 Å². The van der Waals surface area contributed by atoms with Crippen molar-refractivity contribution in [3.63, 3.8) is 0 Å². The molecule has 4 heterocycles. The Morgan fingerprint density at radius 2 is 1.60 bits per heavy atom. The zero-order valence-corrected chi connectivity index (χ0v) is 22.4. The molecule has 1 N–H and O–H groups in total. The number of aliphatic hydroxyl groups is 1. The number of aromatic nitrogens is 5. The van der Waals surface area contributed by atoms with Gasteiger partial charge in [-0.15, -0.1) is 12.4 Å². The molecule has 0 spiro atoms. The molecule has 0 fully saturated rings. The number of aliphatic hydroxyl groups excluding tert-OH is 1. The summed E-state index contributed by atoms with van der Waals surface area (Å²) in [5, 5.41) is 16.9. The number of hydrogen-bond acceptors (Lipinski definition) is 8. The van der Waals surface area contributed by atoms with Crippen molar-refractivity contribution >= 4 is 34.1 Å². The zero-order valence-electron chi connectivity index (χ0n) is 21.6. The van der Waals surface area contributed by atoms with Crippen LogP contribution in [-0.4, -0.2) is 44.1 Å². The fourth-order valence-electron chi connectivity index (χ4n) is 4.77. The Kier molecular flexibility index (Phi) is 7.41. The van der Waals surface area contributed by atoms with Crippen LogP contribution in [0.5, 0.6) is 11.5 Å². The molecule has 2 aromatic carbocycles. The van der Waals surface area contributed by atoms with Crippen molar-refractivity contribution in [2.45, 2.75) is 6.61 Å². The summed E-state index contributed by atoms with van der Waals surface area (Å²) >= 11 is 0. The van der Waals surface area contributed by atoms with Gasteiger partial charge in [0.05, 0.1) is 31.7 Å². The summed E-state index contributed by atoms with van der Waals surface area (Å²) in [6.45, 7) is -0.233. The predicted octanol–water partition coefficient (Wildman–Crippen LogP) is 4.99. The summed E-state index contributed by atoms with van der Waals surface area (Å²) in [4.78, 5) is 26.9. The first kappa shape index (κ1) is 26.7. The number of rotatable bonds is 6. The predicted molar refractivity (Wildman–Crippen MR) is 155 cm³/mol. The molecular formula is C30H24ClN5O4. The van der Waals surface area contributed by atoms with E-state index in [2.05, 4.69) is 15.0 Å². The minimum Gasteiger partial charge on any atom is -0.493 e. The van der Waals surface area contributed by atoms with Crippen LogP contribution in [0.2, 0.25) is 0 Å². The second-order valence-electron chi connectivity index (χ2n) is 8.80. The Labute approximate surface area is 235 Å². The Bertz CT molecular complexity index is 1910. The molecule has 0 saturated carbocycles. The molecule has 4 aromatic heterocycles. The van der Waals surface area contributed by atoms with Crippen LogP contribution in [0.25, 0.3) is 49.9 Å². The average molecular weight is 554 g/mol. The molecule has 0 amide bonds. The van der Waals surface area contributed by atoms with Gasteiger partial charge in [-0.2, -0.15) is 9.78 Å². The first-order valence-electron chi connectivity index (χ1n) is 12.2. The highest BCUT2D eigenvalue weighted by Crippen LogP contribution is 2.38. The fraction of sp³-hybridized carbons (Fsp3) is 0.100. The molecule has 0 aliphatic carbocycles. The van der Waals surface area contributed by atoms with Crippen LogP contribution in [0.1, 0.15) is 5.56 Å². The van der Waals surface area contributed by atoms with Gasteiger partial charge in [0.2, 0.25) is 0 Å². The second-order valence-corrected chi connectivity index (χ2v) is 8.80. The van der Waals surface area contributed by atoms with Gasteiger partial charge in [0.15, 0.2) is 17.3 Å². The molecule has 0 atom stereocenters. The van der Waals surface area contributed by atoms with Crippen molar-refractivity contribution in [1.29, 1.82) is 0 Å². The van der Waals surface area contributed by atoms with Crippen LogP contribution in [0.15, 0.2) is 90.2 Å². The van der Waals surface area contributed by atoms with Gasteiger partial charge in [-0.3, -0.25) is 14.8 Å². The molecule has 0 unspecified atom stereocenters. The van der Waals surface area contributed by atoms with Crippen molar-refractivity contribution < 1.29 is 14.6 Å². The van der Waals surface area contributed by atoms with Crippen molar-refractivity contribution in [3.05, 3.63) is 101 Å². The van der Waals surface area contributed by atoms with Gasteiger partial charge in [-0.1, -0.05) is 18.2 Å². The van der Waals surface area contributed by atoms with E-state index >= 15 is 0 Å². The number of fused-ring (bicyclic) bond motifs is 2. The number of halogens is 1. The highest BCUT2D eigenvalue weighted by atomic mass is 35.5. The van der Waals surface area contributed by atoms with E-state index in [1.165, 1.54) is 4.68 Å². The van der Waals surface area contributed by atoms with Crippen molar-refractivity contribution in [3.8, 4) is 39.7 Å². The third-order valence-corrected chi connectivity index (χ3v) is 6.61. The molecule has 6 aromatic rings. The van der Waals surface area contributed by atoms with Crippen LogP contribution in [0, 0.1) is 0 Å². The Balaban J connectivity index is 0.00000323. The summed E-state index contributed by atoms with van der Waals surface area (Å²) in [5.41, 5.74) is 3.85. The number of benzene rings is 2. The normalized spacial score (nSPS) is 10.9. The fourth-order valence-corrected chi connectivity index (χ4v) is 4.77. The van der Waals surface area contributed by atoms with Crippen LogP contribution >= 0.6 is 12.4 Å². The maximum Gasteiger partial charge on any atom is 0.280 e. The van der Waals surface area contributed by atoms with Crippen LogP contribution in [0.4, 0.5) is 0 Å². The van der Waals surface area contributed by atoms with E-state index in [1.54, 1.807) is 57.2 Å². The minimum absolute atomic E-state index is 0. The van der Waals surface area contributed by atoms with Crippen molar-refractivity contribution in [2.75, 3.05) is 14.2 Å². The van der Waals surface area contributed by atoms with Crippen molar-refractivity contribution in [2.24, 2.45) is 0 Å². The zero-order chi connectivity index (χ0) is 26.9. The van der Waals surface area contributed by atoms with Gasteiger partial charge in [0.1, 0.15) is 5.69 Å². The molecule has 10 heteroatoms. The van der Waals surface area contributed by atoms with Gasteiger partial charge in [-0.25, -0.2) is 4.98 Å². The maximum absolute atomic E-state index is 13.6. The summed E-state index contributed by atoms with van der Waals surface area (Å²) in [5.74, 6) is 1.42. The molecule has 0 saturated heterocycles. The molecule has 40 heavy (non-hydrogen) atoms. The van der Waals surface area contributed by atoms with Gasteiger partial charge in [-0.05, 0) is 47.5 Å². The van der Waals surface area contributed by atoms with Gasteiger partial charge < -0.3 is 14.6 Å². The lowest BCUT2D eigenvalue weighted by molar-refractivity contribution is 0.282. The number of hydrogen-bond donors (Lipinski definition) is 1. The lowest BCUT2D eigenvalue weighted by atomic mass is 9.97. The first-order chi connectivity index (χ1) is 19.1. The standard InChI is InChI=1S/C30H23N5O4.ClH/c1-38-25-13-23-24(14-26(25)39-2)33-16-20(17-36)28(23)18-9-11-32-27(12-18)35-30(37)22-8-4-3-7-21(22)29(34-35)19-6-5-10-31-15-19;/h3-16,36H,17H2,1-2H3;1H. The summed E-state index contributed by atoms with van der Waals surface area (Å²) in [6.07, 6.45) is 6.65. The number of ether oxygens (including phenoxy) is 2. The molecule has 200 valence electrons. The Hall–Kier alpha value is -4.86. The van der Waals surface area contributed by atoms with E-state index in [0.717, 1.165) is 27.5 Å².